The quantitative estimate of drug-likeness (QED) is 0.712. The average molecular weight is 265 g/mol. The molecule has 3 rings (SSSR count). The zero-order valence-electron chi connectivity index (χ0n) is 12.2. The van der Waals surface area contributed by atoms with Gasteiger partial charge < -0.3 is 5.32 Å². The van der Waals surface area contributed by atoms with Crippen LogP contribution in [0.1, 0.15) is 42.3 Å². The van der Waals surface area contributed by atoms with Crippen molar-refractivity contribution in [3.63, 3.8) is 0 Å². The highest BCUT2D eigenvalue weighted by Crippen LogP contribution is 2.38. The summed E-state index contributed by atoms with van der Waals surface area (Å²) in [5.41, 5.74) is 5.40. The Kier molecular flexibility index (Phi) is 2.89. The van der Waals surface area contributed by atoms with Gasteiger partial charge in [-0.15, -0.1) is 0 Å². The summed E-state index contributed by atoms with van der Waals surface area (Å²) < 4.78 is 0. The van der Waals surface area contributed by atoms with Gasteiger partial charge in [0.05, 0.1) is 0 Å². The zero-order valence-corrected chi connectivity index (χ0v) is 12.2. The fraction of sp³-hybridized carbons (Fsp3) is 0.278. The van der Waals surface area contributed by atoms with Gasteiger partial charge in [-0.25, -0.2) is 0 Å². The van der Waals surface area contributed by atoms with Crippen molar-refractivity contribution >= 4 is 5.91 Å². The Bertz CT molecular complexity index is 680. The number of nitrogens with one attached hydrogen (secondary N) is 1. The normalized spacial score (nSPS) is 12.8. The summed E-state index contributed by atoms with van der Waals surface area (Å²) in [6.07, 6.45) is 0.919. The Labute approximate surface area is 119 Å². The van der Waals surface area contributed by atoms with Gasteiger partial charge in [-0.3, -0.25) is 4.79 Å². The molecule has 0 unspecified atom stereocenters. The molecule has 0 aromatic heterocycles. The lowest BCUT2D eigenvalue weighted by atomic mass is 9.98. The molecule has 2 heteroatoms. The topological polar surface area (TPSA) is 29.1 Å². The third kappa shape index (κ3) is 2.22. The summed E-state index contributed by atoms with van der Waals surface area (Å²) in [5.74, 6) is 0.00560. The molecule has 2 aromatic rings. The van der Waals surface area contributed by atoms with E-state index in [9.17, 15) is 4.79 Å². The molecule has 20 heavy (non-hydrogen) atoms. The highest BCUT2D eigenvalue weighted by Gasteiger charge is 2.25. The van der Waals surface area contributed by atoms with Crippen LogP contribution in [-0.2, 0) is 6.42 Å². The first-order valence-electron chi connectivity index (χ1n) is 6.98. The van der Waals surface area contributed by atoms with Crippen LogP contribution in [0.2, 0.25) is 0 Å². The van der Waals surface area contributed by atoms with Crippen LogP contribution >= 0.6 is 0 Å². The molecule has 0 spiro atoms. The molecule has 0 saturated heterocycles. The maximum atomic E-state index is 12.5. The molecule has 1 amide bonds. The van der Waals surface area contributed by atoms with E-state index in [1.54, 1.807) is 0 Å². The molecule has 0 heterocycles. The third-order valence-electron chi connectivity index (χ3n) is 3.55. The summed E-state index contributed by atoms with van der Waals surface area (Å²) in [5, 5.41) is 3.06. The summed E-state index contributed by atoms with van der Waals surface area (Å²) in [6, 6.07) is 14.3. The van der Waals surface area contributed by atoms with E-state index in [0.29, 0.717) is 0 Å². The smallest absolute Gasteiger partial charge is 0.252 e. The second-order valence-corrected chi connectivity index (χ2v) is 6.38. The minimum atomic E-state index is -0.224. The molecule has 1 aliphatic carbocycles. The Balaban J connectivity index is 2.09. The van der Waals surface area contributed by atoms with Gasteiger partial charge in [0, 0.05) is 11.1 Å². The van der Waals surface area contributed by atoms with E-state index in [1.807, 2.05) is 39.0 Å². The second-order valence-electron chi connectivity index (χ2n) is 6.38. The lowest BCUT2D eigenvalue weighted by Crippen LogP contribution is -2.40. The minimum absolute atomic E-state index is 0.00560. The SMILES string of the molecule is CC(C)(C)NC(=O)c1cccc2c1-c1ccccc1C2. The van der Waals surface area contributed by atoms with Gasteiger partial charge in [0.1, 0.15) is 0 Å². The van der Waals surface area contributed by atoms with Gasteiger partial charge in [0.2, 0.25) is 0 Å². The van der Waals surface area contributed by atoms with Gasteiger partial charge in [0.25, 0.3) is 5.91 Å². The molecule has 2 aromatic carbocycles. The molecule has 0 bridgehead atoms. The van der Waals surface area contributed by atoms with Crippen molar-refractivity contribution in [2.45, 2.75) is 32.7 Å². The number of fused-ring (bicyclic) bond motifs is 3. The van der Waals surface area contributed by atoms with Crippen LogP contribution in [0.3, 0.4) is 0 Å². The van der Waals surface area contributed by atoms with E-state index < -0.39 is 0 Å². The second kappa shape index (κ2) is 4.48. The van der Waals surface area contributed by atoms with Crippen molar-refractivity contribution in [3.8, 4) is 11.1 Å². The average Bonchev–Trinajstić information content (AvgIpc) is 2.74. The number of rotatable bonds is 1. The molecule has 102 valence electrons. The number of amides is 1. The molecule has 0 radical (unpaired) electrons. The maximum Gasteiger partial charge on any atom is 0.252 e. The molecule has 1 N–H and O–H groups in total. The van der Waals surface area contributed by atoms with E-state index in [2.05, 4.69) is 29.6 Å². The van der Waals surface area contributed by atoms with E-state index in [1.165, 1.54) is 16.7 Å². The van der Waals surface area contributed by atoms with E-state index in [-0.39, 0.29) is 11.4 Å². The van der Waals surface area contributed by atoms with Crippen molar-refractivity contribution in [1.82, 2.24) is 5.32 Å². The molecule has 0 fully saturated rings. The summed E-state index contributed by atoms with van der Waals surface area (Å²) >= 11 is 0. The molecular weight excluding hydrogens is 246 g/mol. The van der Waals surface area contributed by atoms with Crippen molar-refractivity contribution in [2.75, 3.05) is 0 Å². The van der Waals surface area contributed by atoms with E-state index in [0.717, 1.165) is 17.5 Å². The number of benzene rings is 2. The summed E-state index contributed by atoms with van der Waals surface area (Å²) in [4.78, 5) is 12.5. The fourth-order valence-electron chi connectivity index (χ4n) is 2.79. The van der Waals surface area contributed by atoms with Crippen LogP contribution in [0.4, 0.5) is 0 Å². The molecule has 0 aliphatic heterocycles. The Hall–Kier alpha value is -2.09. The predicted molar refractivity (Wildman–Crippen MR) is 81.9 cm³/mol. The molecular formula is C18H19NO. The van der Waals surface area contributed by atoms with Gasteiger partial charge in [-0.05, 0) is 55.5 Å². The summed E-state index contributed by atoms with van der Waals surface area (Å²) in [6.45, 7) is 6.01. The van der Waals surface area contributed by atoms with Crippen molar-refractivity contribution in [1.29, 1.82) is 0 Å². The van der Waals surface area contributed by atoms with Crippen molar-refractivity contribution < 1.29 is 4.79 Å². The Morgan fingerprint density at radius 1 is 1.00 bits per heavy atom. The summed E-state index contributed by atoms with van der Waals surface area (Å²) in [7, 11) is 0. The van der Waals surface area contributed by atoms with Crippen LogP contribution in [0.15, 0.2) is 42.5 Å². The standard InChI is InChI=1S/C18H19NO/c1-18(2,3)19-17(20)15-10-6-8-13-11-12-7-4-5-9-14(12)16(13)15/h4-10H,11H2,1-3H3,(H,19,20). The lowest BCUT2D eigenvalue weighted by molar-refractivity contribution is 0.0920. The first-order chi connectivity index (χ1) is 9.46. The van der Waals surface area contributed by atoms with Gasteiger partial charge in [-0.2, -0.15) is 0 Å². The monoisotopic (exact) mass is 265 g/mol. The number of carbonyl (C=O) groups excluding carboxylic acids is 1. The first kappa shape index (κ1) is 12.9. The number of hydrogen-bond donors (Lipinski definition) is 1. The van der Waals surface area contributed by atoms with Crippen LogP contribution in [-0.4, -0.2) is 11.4 Å². The molecule has 2 nitrogen and oxygen atoms in total. The molecule has 0 atom stereocenters. The van der Waals surface area contributed by atoms with Crippen LogP contribution in [0.25, 0.3) is 11.1 Å². The third-order valence-corrected chi connectivity index (χ3v) is 3.55. The number of hydrogen-bond acceptors (Lipinski definition) is 1. The Morgan fingerprint density at radius 2 is 1.70 bits per heavy atom. The highest BCUT2D eigenvalue weighted by atomic mass is 16.1. The lowest BCUT2D eigenvalue weighted by Gasteiger charge is -2.21. The molecule has 0 saturated carbocycles. The van der Waals surface area contributed by atoms with Gasteiger partial charge in [0.15, 0.2) is 0 Å². The van der Waals surface area contributed by atoms with Crippen LogP contribution < -0.4 is 5.32 Å². The van der Waals surface area contributed by atoms with Gasteiger partial charge in [-0.1, -0.05) is 36.4 Å². The van der Waals surface area contributed by atoms with Crippen molar-refractivity contribution in [3.05, 3.63) is 59.2 Å². The van der Waals surface area contributed by atoms with Crippen LogP contribution in [0, 0.1) is 0 Å². The highest BCUT2D eigenvalue weighted by molar-refractivity contribution is 6.03. The first-order valence-corrected chi connectivity index (χ1v) is 6.98. The molecule has 1 aliphatic rings. The largest absolute Gasteiger partial charge is 0.347 e. The minimum Gasteiger partial charge on any atom is -0.347 e. The maximum absolute atomic E-state index is 12.5. The fourth-order valence-corrected chi connectivity index (χ4v) is 2.79. The zero-order chi connectivity index (χ0) is 14.3. The van der Waals surface area contributed by atoms with E-state index in [4.69, 9.17) is 0 Å². The van der Waals surface area contributed by atoms with E-state index >= 15 is 0 Å². The predicted octanol–water partition coefficient (Wildman–Crippen LogP) is 3.79. The number of carbonyl (C=O) groups is 1. The van der Waals surface area contributed by atoms with Crippen LogP contribution in [0.5, 0.6) is 0 Å². The Morgan fingerprint density at radius 3 is 2.45 bits per heavy atom. The van der Waals surface area contributed by atoms with Gasteiger partial charge >= 0.3 is 0 Å². The van der Waals surface area contributed by atoms with Crippen molar-refractivity contribution in [2.24, 2.45) is 0 Å².